The van der Waals surface area contributed by atoms with Crippen LogP contribution in [0.4, 0.5) is 0 Å². The number of nitrogens with one attached hydrogen (secondary N) is 3. The van der Waals surface area contributed by atoms with Crippen LogP contribution in [0.3, 0.4) is 0 Å². The van der Waals surface area contributed by atoms with Crippen LogP contribution in [0.5, 0.6) is 0 Å². The summed E-state index contributed by atoms with van der Waals surface area (Å²) in [5.74, 6) is -1.27. The Morgan fingerprint density at radius 3 is 2.52 bits per heavy atom. The van der Waals surface area contributed by atoms with Crippen molar-refractivity contribution in [1.82, 2.24) is 20.7 Å². The first-order valence-corrected chi connectivity index (χ1v) is 7.33. The predicted octanol–water partition coefficient (Wildman–Crippen LogP) is 0.711. The van der Waals surface area contributed by atoms with Crippen LogP contribution in [-0.2, 0) is 16.6 Å². The van der Waals surface area contributed by atoms with Crippen molar-refractivity contribution in [3.05, 3.63) is 22.4 Å². The van der Waals surface area contributed by atoms with Crippen LogP contribution >= 0.6 is 15.9 Å². The summed E-state index contributed by atoms with van der Waals surface area (Å²) in [7, 11) is 1.72. The quantitative estimate of drug-likeness (QED) is 0.676. The Morgan fingerprint density at radius 2 is 2.00 bits per heavy atom. The third kappa shape index (κ3) is 5.22. The van der Waals surface area contributed by atoms with Crippen molar-refractivity contribution in [3.63, 3.8) is 0 Å². The number of halogens is 1. The van der Waals surface area contributed by atoms with Gasteiger partial charge in [-0.3, -0.25) is 25.2 Å². The van der Waals surface area contributed by atoms with E-state index in [2.05, 4.69) is 32.1 Å². The van der Waals surface area contributed by atoms with Gasteiger partial charge in [0, 0.05) is 23.6 Å². The topological polar surface area (TPSA) is 92.2 Å². The second-order valence-electron chi connectivity index (χ2n) is 4.68. The standard InChI is InChI=1S/C13H19BrN4O3/c1-4-8(2)12(20)15-6-11(19)16-17-13(21)10-5-9(14)7-18(10)3/h5,7-8H,4,6H2,1-3H3,(H,15,20)(H,16,19)(H,17,21). The summed E-state index contributed by atoms with van der Waals surface area (Å²) in [6, 6.07) is 1.63. The highest BCUT2D eigenvalue weighted by Crippen LogP contribution is 2.13. The number of nitrogens with zero attached hydrogens (tertiary/aromatic N) is 1. The Kier molecular flexibility index (Phi) is 6.41. The molecule has 0 aliphatic carbocycles. The van der Waals surface area contributed by atoms with Gasteiger partial charge in [0.05, 0.1) is 6.54 Å². The van der Waals surface area contributed by atoms with E-state index in [0.717, 1.165) is 4.47 Å². The molecule has 21 heavy (non-hydrogen) atoms. The summed E-state index contributed by atoms with van der Waals surface area (Å²) in [6.45, 7) is 3.49. The number of rotatable bonds is 5. The molecule has 0 saturated carbocycles. The summed E-state index contributed by atoms with van der Waals surface area (Å²) < 4.78 is 2.39. The summed E-state index contributed by atoms with van der Waals surface area (Å²) in [6.07, 6.45) is 2.43. The monoisotopic (exact) mass is 358 g/mol. The highest BCUT2D eigenvalue weighted by molar-refractivity contribution is 9.10. The molecule has 1 heterocycles. The van der Waals surface area contributed by atoms with Crippen molar-refractivity contribution in [2.24, 2.45) is 13.0 Å². The second kappa shape index (κ2) is 7.82. The fourth-order valence-corrected chi connectivity index (χ4v) is 2.04. The molecule has 0 saturated heterocycles. The Hall–Kier alpha value is -1.83. The van der Waals surface area contributed by atoms with Gasteiger partial charge in [0.25, 0.3) is 11.8 Å². The van der Waals surface area contributed by atoms with E-state index < -0.39 is 11.8 Å². The molecule has 1 rings (SSSR count). The summed E-state index contributed by atoms with van der Waals surface area (Å²) in [4.78, 5) is 34.8. The molecule has 0 spiro atoms. The minimum Gasteiger partial charge on any atom is -0.347 e. The molecular weight excluding hydrogens is 340 g/mol. The van der Waals surface area contributed by atoms with E-state index in [9.17, 15) is 14.4 Å². The molecule has 0 bridgehead atoms. The molecule has 3 amide bonds. The van der Waals surface area contributed by atoms with Crippen LogP contribution in [0, 0.1) is 5.92 Å². The van der Waals surface area contributed by atoms with Crippen LogP contribution in [0.2, 0.25) is 0 Å². The molecule has 1 atom stereocenters. The fraction of sp³-hybridized carbons (Fsp3) is 0.462. The number of hydrazine groups is 1. The van der Waals surface area contributed by atoms with Crippen LogP contribution in [0.15, 0.2) is 16.7 Å². The average molecular weight is 359 g/mol. The highest BCUT2D eigenvalue weighted by Gasteiger charge is 2.14. The summed E-state index contributed by atoms with van der Waals surface area (Å²) in [5, 5.41) is 2.50. The van der Waals surface area contributed by atoms with E-state index in [-0.39, 0.29) is 18.4 Å². The van der Waals surface area contributed by atoms with Gasteiger partial charge >= 0.3 is 0 Å². The van der Waals surface area contributed by atoms with Crippen molar-refractivity contribution in [3.8, 4) is 0 Å². The molecule has 0 radical (unpaired) electrons. The van der Waals surface area contributed by atoms with E-state index in [0.29, 0.717) is 12.1 Å². The van der Waals surface area contributed by atoms with Crippen LogP contribution in [0.25, 0.3) is 0 Å². The first-order chi connectivity index (χ1) is 9.85. The SMILES string of the molecule is CCC(C)C(=O)NCC(=O)NNC(=O)c1cc(Br)cn1C. The van der Waals surface area contributed by atoms with Gasteiger partial charge in [-0.25, -0.2) is 0 Å². The molecule has 1 aromatic rings. The first-order valence-electron chi connectivity index (χ1n) is 6.53. The smallest absolute Gasteiger partial charge is 0.286 e. The molecule has 3 N–H and O–H groups in total. The summed E-state index contributed by atoms with van der Waals surface area (Å²) >= 11 is 3.26. The lowest BCUT2D eigenvalue weighted by Gasteiger charge is -2.11. The maximum Gasteiger partial charge on any atom is 0.286 e. The zero-order valence-corrected chi connectivity index (χ0v) is 13.8. The zero-order valence-electron chi connectivity index (χ0n) is 12.2. The third-order valence-electron chi connectivity index (χ3n) is 3.00. The van der Waals surface area contributed by atoms with Gasteiger partial charge in [0.1, 0.15) is 5.69 Å². The van der Waals surface area contributed by atoms with Crippen LogP contribution in [0.1, 0.15) is 30.8 Å². The highest BCUT2D eigenvalue weighted by atomic mass is 79.9. The van der Waals surface area contributed by atoms with Gasteiger partial charge in [-0.2, -0.15) is 0 Å². The molecular formula is C13H19BrN4O3. The van der Waals surface area contributed by atoms with Crippen LogP contribution < -0.4 is 16.2 Å². The van der Waals surface area contributed by atoms with Crippen LogP contribution in [-0.4, -0.2) is 28.8 Å². The number of carbonyl (C=O) groups is 3. The number of aromatic nitrogens is 1. The Balaban J connectivity index is 2.38. The summed E-state index contributed by atoms with van der Waals surface area (Å²) in [5.41, 5.74) is 4.93. The lowest BCUT2D eigenvalue weighted by atomic mass is 10.1. The Morgan fingerprint density at radius 1 is 1.33 bits per heavy atom. The largest absolute Gasteiger partial charge is 0.347 e. The molecule has 0 fully saturated rings. The minimum absolute atomic E-state index is 0.145. The molecule has 0 aromatic carbocycles. The number of hydrogen-bond donors (Lipinski definition) is 3. The molecule has 0 aliphatic heterocycles. The van der Waals surface area contributed by atoms with Crippen molar-refractivity contribution < 1.29 is 14.4 Å². The maximum absolute atomic E-state index is 11.8. The molecule has 116 valence electrons. The van der Waals surface area contributed by atoms with Crippen molar-refractivity contribution in [2.75, 3.05) is 6.54 Å². The van der Waals surface area contributed by atoms with E-state index in [1.807, 2.05) is 6.92 Å². The minimum atomic E-state index is -0.492. The van der Waals surface area contributed by atoms with E-state index in [1.165, 1.54) is 0 Å². The third-order valence-corrected chi connectivity index (χ3v) is 3.44. The van der Waals surface area contributed by atoms with E-state index in [1.54, 1.807) is 30.8 Å². The zero-order chi connectivity index (χ0) is 16.0. The molecule has 1 aromatic heterocycles. The van der Waals surface area contributed by atoms with E-state index in [4.69, 9.17) is 0 Å². The van der Waals surface area contributed by atoms with Gasteiger partial charge in [-0.15, -0.1) is 0 Å². The number of hydrogen-bond acceptors (Lipinski definition) is 3. The average Bonchev–Trinajstić information content (AvgIpc) is 2.79. The number of amides is 3. The van der Waals surface area contributed by atoms with Gasteiger partial charge in [0.2, 0.25) is 5.91 Å². The lowest BCUT2D eigenvalue weighted by molar-refractivity contribution is -0.128. The molecule has 0 aliphatic rings. The first kappa shape index (κ1) is 17.2. The van der Waals surface area contributed by atoms with Gasteiger partial charge in [-0.05, 0) is 28.4 Å². The Bertz CT molecular complexity index is 542. The van der Waals surface area contributed by atoms with Crippen molar-refractivity contribution in [1.29, 1.82) is 0 Å². The van der Waals surface area contributed by atoms with Crippen molar-refractivity contribution in [2.45, 2.75) is 20.3 Å². The number of aryl methyl sites for hydroxylation is 1. The van der Waals surface area contributed by atoms with Crippen molar-refractivity contribution >= 4 is 33.7 Å². The second-order valence-corrected chi connectivity index (χ2v) is 5.60. The Labute approximate surface area is 131 Å². The lowest BCUT2D eigenvalue weighted by Crippen LogP contribution is -2.47. The molecule has 8 heteroatoms. The van der Waals surface area contributed by atoms with E-state index >= 15 is 0 Å². The normalized spacial score (nSPS) is 11.6. The predicted molar refractivity (Wildman–Crippen MR) is 81.2 cm³/mol. The fourth-order valence-electron chi connectivity index (χ4n) is 1.51. The number of carbonyl (C=O) groups excluding carboxylic acids is 3. The van der Waals surface area contributed by atoms with Gasteiger partial charge in [0.15, 0.2) is 0 Å². The molecule has 1 unspecified atom stereocenters. The maximum atomic E-state index is 11.8. The van der Waals surface area contributed by atoms with Gasteiger partial charge < -0.3 is 9.88 Å². The molecule has 7 nitrogen and oxygen atoms in total. The van der Waals surface area contributed by atoms with Gasteiger partial charge in [-0.1, -0.05) is 13.8 Å².